The van der Waals surface area contributed by atoms with Crippen molar-refractivity contribution in [2.24, 2.45) is 17.6 Å². The fourth-order valence-corrected chi connectivity index (χ4v) is 7.33. The number of nitrogens with two attached hydrogens (primary N) is 1. The molecule has 11 nitrogen and oxygen atoms in total. The Morgan fingerprint density at radius 3 is 2.44 bits per heavy atom. The van der Waals surface area contributed by atoms with Gasteiger partial charge in [0, 0.05) is 62.1 Å². The van der Waals surface area contributed by atoms with Crippen LogP contribution in [0.5, 0.6) is 5.75 Å². The SMILES string of the molecule is C[C@H]1c2ccc(-c3cccc(CN4CCN(C)CC4)c3)c(O)c2C(O)=C2C(=O)[C@]3(O)C(O)=C(C(N)=O)C(=O)C[C@@H]3[C@@H](O)[C@@H]21. The van der Waals surface area contributed by atoms with Gasteiger partial charge in [-0.15, -0.1) is 0 Å². The molecule has 2 fully saturated rings. The van der Waals surface area contributed by atoms with E-state index in [9.17, 15) is 39.9 Å². The summed E-state index contributed by atoms with van der Waals surface area (Å²) in [6, 6.07) is 11.2. The van der Waals surface area contributed by atoms with Gasteiger partial charge in [-0.3, -0.25) is 19.3 Å². The van der Waals surface area contributed by atoms with Gasteiger partial charge in [-0.1, -0.05) is 37.3 Å². The molecule has 6 rings (SSSR count). The van der Waals surface area contributed by atoms with Gasteiger partial charge in [0.1, 0.15) is 22.8 Å². The number of aliphatic hydroxyl groups is 4. The van der Waals surface area contributed by atoms with Gasteiger partial charge < -0.3 is 36.2 Å². The number of fused-ring (bicyclic) bond motifs is 3. The fourth-order valence-electron chi connectivity index (χ4n) is 7.33. The molecular weight excluding hydrogens is 554 g/mol. The zero-order valence-electron chi connectivity index (χ0n) is 23.9. The quantitative estimate of drug-likeness (QED) is 0.285. The molecule has 0 bridgehead atoms. The molecule has 0 spiro atoms. The molecule has 226 valence electrons. The van der Waals surface area contributed by atoms with Crippen molar-refractivity contribution in [2.45, 2.75) is 37.5 Å². The molecule has 11 heteroatoms. The molecular formula is C32H35N3O8. The standard InChI is InChI=1S/C32H35N3O8/c1-15-18-6-7-19(17-5-3-4-16(12-17)14-35-10-8-34(2)9-11-35)26(37)23(18)28(39)25-22(15)27(38)20-13-21(36)24(31(33)42)29(40)32(20,43)30(25)41/h3-7,12,15,20,22,27,37-40,43H,8-11,13-14H2,1-2H3,(H2,33,42)/t15-,20+,22+,27+,32+/m0/s1. The van der Waals surface area contributed by atoms with Gasteiger partial charge in [-0.25, -0.2) is 0 Å². The minimum absolute atomic E-state index is 0.0196. The number of aliphatic hydroxyl groups excluding tert-OH is 3. The van der Waals surface area contributed by atoms with E-state index >= 15 is 0 Å². The topological polar surface area (TPSA) is 185 Å². The van der Waals surface area contributed by atoms with Gasteiger partial charge in [0.05, 0.1) is 11.7 Å². The number of Topliss-reactive ketones (excluding diaryl/α,β-unsaturated/α-hetero) is 2. The number of phenolic OH excluding ortho intramolecular Hbond substituents is 1. The zero-order chi connectivity index (χ0) is 31.0. The number of likely N-dealkylation sites (N-methyl/N-ethyl adjacent to an activating group) is 1. The van der Waals surface area contributed by atoms with Crippen molar-refractivity contribution in [3.8, 4) is 16.9 Å². The first-order valence-corrected chi connectivity index (χ1v) is 14.4. The third kappa shape index (κ3) is 4.29. The summed E-state index contributed by atoms with van der Waals surface area (Å²) in [7, 11) is 2.10. The molecule has 7 N–H and O–H groups in total. The smallest absolute Gasteiger partial charge is 0.255 e. The van der Waals surface area contributed by atoms with E-state index in [1.54, 1.807) is 19.1 Å². The number of carbonyl (C=O) groups is 3. The van der Waals surface area contributed by atoms with Crippen molar-refractivity contribution in [2.75, 3.05) is 33.2 Å². The highest BCUT2D eigenvalue weighted by atomic mass is 16.4. The van der Waals surface area contributed by atoms with Crippen LogP contribution >= 0.6 is 0 Å². The van der Waals surface area contributed by atoms with Crippen molar-refractivity contribution in [3.05, 3.63) is 70.0 Å². The number of benzene rings is 2. The Bertz CT molecular complexity index is 1620. The normalized spacial score (nSPS) is 29.8. The Hall–Kier alpha value is -4.03. The highest BCUT2D eigenvalue weighted by Gasteiger charge is 2.64. The number of nitrogens with zero attached hydrogens (tertiary/aromatic N) is 2. The van der Waals surface area contributed by atoms with Crippen LogP contribution in [0.2, 0.25) is 0 Å². The van der Waals surface area contributed by atoms with Gasteiger partial charge in [-0.2, -0.15) is 0 Å². The van der Waals surface area contributed by atoms with Gasteiger partial charge in [0.2, 0.25) is 5.78 Å². The molecule has 0 aromatic heterocycles. The van der Waals surface area contributed by atoms with Gasteiger partial charge in [-0.05, 0) is 35.7 Å². The van der Waals surface area contributed by atoms with Crippen LogP contribution in [-0.4, -0.2) is 97.7 Å². The second-order valence-electron chi connectivity index (χ2n) is 12.2. The lowest BCUT2D eigenvalue weighted by Crippen LogP contribution is -2.63. The molecule has 1 amide bonds. The summed E-state index contributed by atoms with van der Waals surface area (Å²) in [6.45, 7) is 6.30. The van der Waals surface area contributed by atoms with Crippen LogP contribution in [0.15, 0.2) is 53.3 Å². The van der Waals surface area contributed by atoms with Crippen LogP contribution in [0.25, 0.3) is 16.9 Å². The van der Waals surface area contributed by atoms with Crippen molar-refractivity contribution in [1.82, 2.24) is 9.80 Å². The summed E-state index contributed by atoms with van der Waals surface area (Å²) in [4.78, 5) is 43.1. The number of rotatable bonds is 4. The number of aromatic hydroxyl groups is 1. The second kappa shape index (κ2) is 10.3. The first kappa shape index (κ1) is 29.1. The number of piperazine rings is 1. The highest BCUT2D eigenvalue weighted by molar-refractivity contribution is 6.23. The first-order valence-electron chi connectivity index (χ1n) is 14.4. The maximum absolute atomic E-state index is 13.9. The van der Waals surface area contributed by atoms with Crippen molar-refractivity contribution >= 4 is 23.2 Å². The number of carbonyl (C=O) groups excluding carboxylic acids is 3. The third-order valence-corrected chi connectivity index (χ3v) is 9.74. The van der Waals surface area contributed by atoms with Gasteiger partial charge >= 0.3 is 0 Å². The minimum atomic E-state index is -2.86. The molecule has 43 heavy (non-hydrogen) atoms. The number of hydrogen-bond donors (Lipinski definition) is 6. The monoisotopic (exact) mass is 589 g/mol. The van der Waals surface area contributed by atoms with E-state index in [0.29, 0.717) is 16.7 Å². The number of hydrogen-bond acceptors (Lipinski definition) is 10. The van der Waals surface area contributed by atoms with Crippen LogP contribution in [0.1, 0.15) is 36.0 Å². The molecule has 2 aromatic carbocycles. The number of phenols is 1. The van der Waals surface area contributed by atoms with E-state index in [1.807, 2.05) is 24.3 Å². The van der Waals surface area contributed by atoms with E-state index in [0.717, 1.165) is 38.3 Å². The first-order chi connectivity index (χ1) is 20.4. The molecule has 1 saturated carbocycles. The van der Waals surface area contributed by atoms with Crippen molar-refractivity contribution in [3.63, 3.8) is 0 Å². The summed E-state index contributed by atoms with van der Waals surface area (Å²) < 4.78 is 0. The van der Waals surface area contributed by atoms with Crippen LogP contribution in [-0.2, 0) is 20.9 Å². The molecule has 4 aliphatic rings. The summed E-state index contributed by atoms with van der Waals surface area (Å²) in [5, 5.41) is 56.8. The maximum atomic E-state index is 13.9. The largest absolute Gasteiger partial charge is 0.508 e. The molecule has 5 atom stereocenters. The zero-order valence-corrected chi connectivity index (χ0v) is 23.9. The fraction of sp³-hybridized carbons (Fsp3) is 0.406. The van der Waals surface area contributed by atoms with E-state index in [-0.39, 0.29) is 11.3 Å². The Morgan fingerprint density at radius 1 is 1.07 bits per heavy atom. The average Bonchev–Trinajstić information content (AvgIpc) is 2.96. The van der Waals surface area contributed by atoms with Gasteiger partial charge in [0.15, 0.2) is 11.4 Å². The molecule has 1 aliphatic heterocycles. The molecule has 0 unspecified atom stereocenters. The van der Waals surface area contributed by atoms with E-state index in [1.165, 1.54) is 0 Å². The van der Waals surface area contributed by atoms with Crippen molar-refractivity contribution in [1.29, 1.82) is 0 Å². The van der Waals surface area contributed by atoms with Crippen molar-refractivity contribution < 1.29 is 39.9 Å². The predicted molar refractivity (Wildman–Crippen MR) is 156 cm³/mol. The Labute approximate surface area is 248 Å². The van der Waals surface area contributed by atoms with Crippen LogP contribution in [0.4, 0.5) is 0 Å². The molecule has 2 aromatic rings. The summed E-state index contributed by atoms with van der Waals surface area (Å²) in [5.41, 5.74) is 3.70. The average molecular weight is 590 g/mol. The molecule has 1 saturated heterocycles. The third-order valence-electron chi connectivity index (χ3n) is 9.74. The van der Waals surface area contributed by atoms with E-state index < -0.39 is 76.0 Å². The van der Waals surface area contributed by atoms with Gasteiger partial charge in [0.25, 0.3) is 5.91 Å². The number of amides is 1. The Morgan fingerprint density at radius 2 is 1.77 bits per heavy atom. The highest BCUT2D eigenvalue weighted by Crippen LogP contribution is 2.56. The second-order valence-corrected chi connectivity index (χ2v) is 12.2. The minimum Gasteiger partial charge on any atom is -0.508 e. The molecule has 3 aliphatic carbocycles. The predicted octanol–water partition coefficient (Wildman–Crippen LogP) is 1.37. The van der Waals surface area contributed by atoms with E-state index in [2.05, 4.69) is 16.8 Å². The number of primary amides is 1. The lowest BCUT2D eigenvalue weighted by Gasteiger charge is -2.50. The van der Waals surface area contributed by atoms with Crippen LogP contribution in [0, 0.1) is 11.8 Å². The molecule has 1 heterocycles. The maximum Gasteiger partial charge on any atom is 0.255 e. The summed E-state index contributed by atoms with van der Waals surface area (Å²) in [5.74, 6) is -8.71. The lowest BCUT2D eigenvalue weighted by atomic mass is 9.55. The van der Waals surface area contributed by atoms with Crippen LogP contribution in [0.3, 0.4) is 0 Å². The Kier molecular flexibility index (Phi) is 6.96. The summed E-state index contributed by atoms with van der Waals surface area (Å²) in [6.07, 6.45) is -2.17. The lowest BCUT2D eigenvalue weighted by molar-refractivity contribution is -0.160. The Balaban J connectivity index is 1.43. The van der Waals surface area contributed by atoms with Crippen LogP contribution < -0.4 is 5.73 Å². The summed E-state index contributed by atoms with van der Waals surface area (Å²) >= 11 is 0. The van der Waals surface area contributed by atoms with E-state index in [4.69, 9.17) is 5.73 Å². The molecule has 0 radical (unpaired) electrons. The number of ketones is 2.